The summed E-state index contributed by atoms with van der Waals surface area (Å²) in [5, 5.41) is 13.0. The van der Waals surface area contributed by atoms with Gasteiger partial charge in [0, 0.05) is 43.7 Å². The van der Waals surface area contributed by atoms with E-state index >= 15 is 4.39 Å². The second-order valence-electron chi connectivity index (χ2n) is 9.38. The minimum Gasteiger partial charge on any atom is -0.485 e. The normalized spacial score (nSPS) is 21.2. The quantitative estimate of drug-likeness (QED) is 0.508. The molecule has 0 spiro atoms. The number of methoxy groups -OCH3 is 1. The lowest BCUT2D eigenvalue weighted by molar-refractivity contribution is 0.163. The zero-order valence-corrected chi connectivity index (χ0v) is 19.9. The number of rotatable bonds is 8. The summed E-state index contributed by atoms with van der Waals surface area (Å²) in [6.45, 7) is 3.30. The van der Waals surface area contributed by atoms with Crippen LogP contribution in [-0.2, 0) is 13.1 Å². The average Bonchev–Trinajstić information content (AvgIpc) is 3.33. The van der Waals surface area contributed by atoms with Crippen LogP contribution in [0.2, 0.25) is 0 Å². The van der Waals surface area contributed by atoms with Gasteiger partial charge in [0.25, 0.3) is 0 Å². The molecule has 35 heavy (non-hydrogen) atoms. The Morgan fingerprint density at radius 2 is 2.17 bits per heavy atom. The maximum absolute atomic E-state index is 15.3. The van der Waals surface area contributed by atoms with Crippen molar-refractivity contribution < 1.29 is 23.7 Å². The Morgan fingerprint density at radius 1 is 1.31 bits per heavy atom. The number of benzene rings is 1. The second-order valence-corrected chi connectivity index (χ2v) is 9.38. The summed E-state index contributed by atoms with van der Waals surface area (Å²) in [6, 6.07) is 4.95. The molecule has 186 valence electrons. The lowest BCUT2D eigenvalue weighted by Gasteiger charge is -2.29. The number of aliphatic hydroxyl groups excluding tert-OH is 1. The van der Waals surface area contributed by atoms with Crippen LogP contribution >= 0.6 is 0 Å². The molecule has 3 aromatic rings. The molecule has 3 atom stereocenters. The Kier molecular flexibility index (Phi) is 6.62. The second kappa shape index (κ2) is 9.83. The molecule has 3 unspecified atom stereocenters. The summed E-state index contributed by atoms with van der Waals surface area (Å²) in [5.41, 5.74) is 1.85. The van der Waals surface area contributed by atoms with Gasteiger partial charge in [-0.2, -0.15) is 0 Å². The van der Waals surface area contributed by atoms with Crippen molar-refractivity contribution in [1.29, 1.82) is 0 Å². The summed E-state index contributed by atoms with van der Waals surface area (Å²) in [5.74, 6) is 0.429. The molecule has 1 fully saturated rings. The minimum atomic E-state index is -0.604. The highest BCUT2D eigenvalue weighted by molar-refractivity contribution is 5.89. The average molecular weight is 484 g/mol. The molecule has 0 saturated heterocycles. The minimum absolute atomic E-state index is 0.0302. The van der Waals surface area contributed by atoms with Crippen molar-refractivity contribution in [3.63, 3.8) is 0 Å². The van der Waals surface area contributed by atoms with Crippen LogP contribution in [-0.4, -0.2) is 41.1 Å². The first kappa shape index (κ1) is 23.6. The summed E-state index contributed by atoms with van der Waals surface area (Å²) < 4.78 is 34.4. The number of halogens is 1. The predicted octanol–water partition coefficient (Wildman–Crippen LogP) is 3.33. The highest BCUT2D eigenvalue weighted by atomic mass is 19.1. The summed E-state index contributed by atoms with van der Waals surface area (Å²) >= 11 is 0. The summed E-state index contributed by atoms with van der Waals surface area (Å²) in [7, 11) is 1.56. The predicted molar refractivity (Wildman–Crippen MR) is 129 cm³/mol. The van der Waals surface area contributed by atoms with Crippen molar-refractivity contribution in [3.8, 4) is 17.4 Å². The molecule has 2 aliphatic rings. The molecular weight excluding hydrogens is 453 g/mol. The van der Waals surface area contributed by atoms with E-state index in [2.05, 4.69) is 10.3 Å². The number of hydrogen-bond donors (Lipinski definition) is 2. The van der Waals surface area contributed by atoms with Crippen molar-refractivity contribution in [2.75, 3.05) is 20.3 Å². The van der Waals surface area contributed by atoms with Crippen LogP contribution in [0.4, 0.5) is 4.39 Å². The molecule has 0 radical (unpaired) electrons. The molecule has 1 aromatic carbocycles. The zero-order valence-electron chi connectivity index (χ0n) is 19.9. The van der Waals surface area contributed by atoms with Crippen LogP contribution in [0.1, 0.15) is 43.4 Å². The molecule has 0 amide bonds. The van der Waals surface area contributed by atoms with Gasteiger partial charge in [-0.25, -0.2) is 9.37 Å². The topological polar surface area (TPSA) is 94.8 Å². The van der Waals surface area contributed by atoms with Crippen molar-refractivity contribution in [2.24, 2.45) is 5.92 Å². The van der Waals surface area contributed by atoms with Crippen molar-refractivity contribution in [2.45, 2.75) is 51.4 Å². The van der Waals surface area contributed by atoms with E-state index in [0.29, 0.717) is 43.1 Å². The summed E-state index contributed by atoms with van der Waals surface area (Å²) in [4.78, 5) is 17.4. The van der Waals surface area contributed by atoms with Crippen LogP contribution in [0.5, 0.6) is 17.4 Å². The van der Waals surface area contributed by atoms with E-state index in [1.807, 2.05) is 29.8 Å². The van der Waals surface area contributed by atoms with Crippen LogP contribution < -0.4 is 25.0 Å². The van der Waals surface area contributed by atoms with Gasteiger partial charge in [-0.05, 0) is 49.8 Å². The number of aliphatic hydroxyl groups is 1. The van der Waals surface area contributed by atoms with E-state index in [0.717, 1.165) is 18.4 Å². The van der Waals surface area contributed by atoms with E-state index in [4.69, 9.17) is 14.2 Å². The molecule has 1 aliphatic heterocycles. The van der Waals surface area contributed by atoms with Gasteiger partial charge < -0.3 is 29.2 Å². The molecule has 9 heteroatoms. The van der Waals surface area contributed by atoms with Crippen LogP contribution in [0, 0.1) is 11.7 Å². The van der Waals surface area contributed by atoms with E-state index in [-0.39, 0.29) is 47.0 Å². The molecule has 3 heterocycles. The largest absolute Gasteiger partial charge is 0.485 e. The molecule has 1 aliphatic carbocycles. The van der Waals surface area contributed by atoms with Crippen molar-refractivity contribution >= 4 is 10.9 Å². The monoisotopic (exact) mass is 483 g/mol. The fraction of sp³-hybridized carbons (Fsp3) is 0.462. The lowest BCUT2D eigenvalue weighted by atomic mass is 10.1. The van der Waals surface area contributed by atoms with E-state index in [9.17, 15) is 9.90 Å². The third-order valence-corrected chi connectivity index (χ3v) is 6.89. The Balaban J connectivity index is 1.45. The van der Waals surface area contributed by atoms with Crippen LogP contribution in [0.15, 0.2) is 35.4 Å². The van der Waals surface area contributed by atoms with Crippen molar-refractivity contribution in [3.05, 3.63) is 57.8 Å². The number of hydrogen-bond acceptors (Lipinski definition) is 7. The molecular formula is C26H30FN3O5. The maximum atomic E-state index is 15.3. The number of nitrogens with zero attached hydrogens (tertiary/aromatic N) is 2. The van der Waals surface area contributed by atoms with Gasteiger partial charge in [0.15, 0.2) is 22.7 Å². The molecule has 8 nitrogen and oxygen atoms in total. The lowest BCUT2D eigenvalue weighted by Crippen LogP contribution is -2.28. The standard InChI is InChI=1S/C26H30FN3O5/c1-15-14-34-26-23-20(9-21(27)25(26)35-19-4-3-17(7-19)13-31)24(32)18(12-30(15)23)11-28-10-16-5-6-29-22(8-16)33-2/h5-6,8-9,12,15,17,19,28,31H,3-4,7,10-11,13-14H2,1-2H3. The van der Waals surface area contributed by atoms with Gasteiger partial charge in [0.2, 0.25) is 5.88 Å². The van der Waals surface area contributed by atoms with Gasteiger partial charge in [-0.3, -0.25) is 4.79 Å². The van der Waals surface area contributed by atoms with E-state index < -0.39 is 5.82 Å². The zero-order chi connectivity index (χ0) is 24.5. The molecule has 2 aromatic heterocycles. The van der Waals surface area contributed by atoms with Gasteiger partial charge in [0.1, 0.15) is 6.61 Å². The fourth-order valence-corrected chi connectivity index (χ4v) is 4.98. The van der Waals surface area contributed by atoms with E-state index in [1.54, 1.807) is 13.3 Å². The van der Waals surface area contributed by atoms with Crippen LogP contribution in [0.3, 0.4) is 0 Å². The smallest absolute Gasteiger partial charge is 0.213 e. The Hall–Kier alpha value is -3.17. The first-order valence-electron chi connectivity index (χ1n) is 12.0. The number of ether oxygens (including phenoxy) is 3. The molecule has 5 rings (SSSR count). The molecule has 1 saturated carbocycles. The van der Waals surface area contributed by atoms with Crippen molar-refractivity contribution in [1.82, 2.24) is 14.9 Å². The van der Waals surface area contributed by atoms with Crippen LogP contribution in [0.25, 0.3) is 10.9 Å². The summed E-state index contributed by atoms with van der Waals surface area (Å²) in [6.07, 6.45) is 5.58. The Morgan fingerprint density at radius 3 is 2.94 bits per heavy atom. The third kappa shape index (κ3) is 4.58. The highest BCUT2D eigenvalue weighted by Crippen LogP contribution is 2.43. The number of aromatic nitrogens is 2. The molecule has 0 bridgehead atoms. The van der Waals surface area contributed by atoms with Gasteiger partial charge in [-0.1, -0.05) is 0 Å². The van der Waals surface area contributed by atoms with Gasteiger partial charge >= 0.3 is 0 Å². The highest BCUT2D eigenvalue weighted by Gasteiger charge is 2.31. The van der Waals surface area contributed by atoms with Gasteiger partial charge in [0.05, 0.1) is 30.2 Å². The Bertz CT molecular complexity index is 1290. The first-order chi connectivity index (χ1) is 17.0. The Labute approximate surface area is 202 Å². The number of nitrogens with one attached hydrogen (secondary N) is 1. The fourth-order valence-electron chi connectivity index (χ4n) is 4.98. The molecule has 2 N–H and O–H groups in total. The first-order valence-corrected chi connectivity index (χ1v) is 12.0. The van der Waals surface area contributed by atoms with E-state index in [1.165, 1.54) is 6.07 Å². The number of pyridine rings is 2. The third-order valence-electron chi connectivity index (χ3n) is 6.89. The van der Waals surface area contributed by atoms with Gasteiger partial charge in [-0.15, -0.1) is 0 Å². The SMILES string of the molecule is COc1cc(CNCc2cn3c4c(c(OC5CCC(CO)C5)c(F)cc4c2=O)OCC3C)ccn1. The maximum Gasteiger partial charge on any atom is 0.213 e.